The first-order valence-electron chi connectivity index (χ1n) is 7.75. The fourth-order valence-electron chi connectivity index (χ4n) is 2.96. The molecule has 1 aromatic heterocycles. The molecule has 120 valence electrons. The highest BCUT2D eigenvalue weighted by molar-refractivity contribution is 8.00. The van der Waals surface area contributed by atoms with E-state index in [-0.39, 0.29) is 11.9 Å². The number of thioether (sulfide) groups is 1. The van der Waals surface area contributed by atoms with Crippen molar-refractivity contribution in [3.63, 3.8) is 0 Å². The lowest BCUT2D eigenvalue weighted by molar-refractivity contribution is -0.129. The quantitative estimate of drug-likeness (QED) is 0.787. The van der Waals surface area contributed by atoms with Crippen molar-refractivity contribution in [1.29, 1.82) is 0 Å². The van der Waals surface area contributed by atoms with Gasteiger partial charge in [-0.2, -0.15) is 0 Å². The SMILES string of the molecule is COc1ccccc1SCC(=O)N1CCC[C@H]1c1ccncc1. The van der Waals surface area contributed by atoms with Crippen LogP contribution in [0.4, 0.5) is 0 Å². The van der Waals surface area contributed by atoms with E-state index in [1.54, 1.807) is 19.5 Å². The van der Waals surface area contributed by atoms with Crippen molar-refractivity contribution in [2.24, 2.45) is 0 Å². The fraction of sp³-hybridized carbons (Fsp3) is 0.333. The molecule has 1 fully saturated rings. The van der Waals surface area contributed by atoms with Crippen molar-refractivity contribution in [2.75, 3.05) is 19.4 Å². The molecule has 1 amide bonds. The zero-order chi connectivity index (χ0) is 16.1. The zero-order valence-corrected chi connectivity index (χ0v) is 14.0. The first-order chi connectivity index (χ1) is 11.3. The summed E-state index contributed by atoms with van der Waals surface area (Å²) in [6.45, 7) is 0.832. The largest absolute Gasteiger partial charge is 0.496 e. The van der Waals surface area contributed by atoms with Gasteiger partial charge in [-0.25, -0.2) is 0 Å². The summed E-state index contributed by atoms with van der Waals surface area (Å²) in [6, 6.07) is 12.0. The summed E-state index contributed by atoms with van der Waals surface area (Å²) >= 11 is 1.54. The third kappa shape index (κ3) is 3.67. The molecular formula is C18H20N2O2S. The van der Waals surface area contributed by atoms with Gasteiger partial charge in [0.2, 0.25) is 5.91 Å². The van der Waals surface area contributed by atoms with Crippen molar-refractivity contribution in [1.82, 2.24) is 9.88 Å². The van der Waals surface area contributed by atoms with Crippen LogP contribution in [0.2, 0.25) is 0 Å². The van der Waals surface area contributed by atoms with Crippen LogP contribution in [0, 0.1) is 0 Å². The molecule has 0 bridgehead atoms. The maximum absolute atomic E-state index is 12.7. The van der Waals surface area contributed by atoms with E-state index in [1.807, 2.05) is 41.3 Å². The molecule has 0 unspecified atom stereocenters. The summed E-state index contributed by atoms with van der Waals surface area (Å²) in [6.07, 6.45) is 5.66. The highest BCUT2D eigenvalue weighted by atomic mass is 32.2. The van der Waals surface area contributed by atoms with Gasteiger partial charge in [-0.05, 0) is 42.7 Å². The predicted molar refractivity (Wildman–Crippen MR) is 91.6 cm³/mol. The van der Waals surface area contributed by atoms with E-state index < -0.39 is 0 Å². The maximum atomic E-state index is 12.7. The molecule has 1 atom stereocenters. The molecule has 0 N–H and O–H groups in total. The summed E-state index contributed by atoms with van der Waals surface area (Å²) in [5.41, 5.74) is 1.17. The van der Waals surface area contributed by atoms with E-state index in [4.69, 9.17) is 4.74 Å². The Morgan fingerprint density at radius 3 is 2.87 bits per heavy atom. The smallest absolute Gasteiger partial charge is 0.233 e. The average Bonchev–Trinajstić information content (AvgIpc) is 3.10. The van der Waals surface area contributed by atoms with Crippen LogP contribution in [0.15, 0.2) is 53.7 Å². The van der Waals surface area contributed by atoms with Crippen molar-refractivity contribution >= 4 is 17.7 Å². The molecule has 1 aromatic carbocycles. The number of hydrogen-bond donors (Lipinski definition) is 0. The van der Waals surface area contributed by atoms with Gasteiger partial charge in [-0.1, -0.05) is 12.1 Å². The number of benzene rings is 1. The van der Waals surface area contributed by atoms with Crippen molar-refractivity contribution in [2.45, 2.75) is 23.8 Å². The van der Waals surface area contributed by atoms with Crippen LogP contribution < -0.4 is 4.74 Å². The van der Waals surface area contributed by atoms with E-state index in [9.17, 15) is 4.79 Å². The number of carbonyl (C=O) groups excluding carboxylic acids is 1. The number of methoxy groups -OCH3 is 1. The molecule has 3 rings (SSSR count). The normalized spacial score (nSPS) is 17.3. The Bertz CT molecular complexity index is 663. The Hall–Kier alpha value is -2.01. The van der Waals surface area contributed by atoms with E-state index in [1.165, 1.54) is 17.3 Å². The standard InChI is InChI=1S/C18H20N2O2S/c1-22-16-6-2-3-7-17(16)23-13-18(21)20-12-4-5-15(20)14-8-10-19-11-9-14/h2-3,6-11,15H,4-5,12-13H2,1H3/t15-/m0/s1. The molecule has 2 aromatic rings. The summed E-state index contributed by atoms with van der Waals surface area (Å²) in [5.74, 6) is 1.43. The summed E-state index contributed by atoms with van der Waals surface area (Å²) in [5, 5.41) is 0. The fourth-order valence-corrected chi connectivity index (χ4v) is 3.87. The Kier molecular flexibility index (Phi) is 5.18. The molecule has 1 aliphatic heterocycles. The molecule has 0 aliphatic carbocycles. The van der Waals surface area contributed by atoms with Crippen LogP contribution in [-0.4, -0.2) is 35.2 Å². The summed E-state index contributed by atoms with van der Waals surface area (Å²) in [4.78, 5) is 19.7. The molecule has 23 heavy (non-hydrogen) atoms. The number of carbonyl (C=O) groups is 1. The number of para-hydroxylation sites is 1. The third-order valence-corrected chi connectivity index (χ3v) is 5.12. The van der Waals surface area contributed by atoms with Gasteiger partial charge in [0.1, 0.15) is 5.75 Å². The molecule has 0 radical (unpaired) electrons. The second-order valence-electron chi connectivity index (χ2n) is 5.47. The van der Waals surface area contributed by atoms with Gasteiger partial charge in [0.05, 0.1) is 18.9 Å². The molecule has 5 heteroatoms. The van der Waals surface area contributed by atoms with Gasteiger partial charge in [-0.15, -0.1) is 11.8 Å². The minimum Gasteiger partial charge on any atom is -0.496 e. The molecule has 1 saturated heterocycles. The minimum absolute atomic E-state index is 0.181. The molecule has 0 saturated carbocycles. The topological polar surface area (TPSA) is 42.4 Å². The van der Waals surface area contributed by atoms with E-state index in [2.05, 4.69) is 4.98 Å². The number of ether oxygens (including phenoxy) is 1. The first-order valence-corrected chi connectivity index (χ1v) is 8.73. The summed E-state index contributed by atoms with van der Waals surface area (Å²) < 4.78 is 5.34. The van der Waals surface area contributed by atoms with Crippen molar-refractivity contribution in [3.8, 4) is 5.75 Å². The van der Waals surface area contributed by atoms with Gasteiger partial charge in [0.25, 0.3) is 0 Å². The monoisotopic (exact) mass is 328 g/mol. The molecule has 2 heterocycles. The first kappa shape index (κ1) is 15.9. The van der Waals surface area contributed by atoms with Gasteiger partial charge < -0.3 is 9.64 Å². The molecular weight excluding hydrogens is 308 g/mol. The minimum atomic E-state index is 0.181. The number of pyridine rings is 1. The van der Waals surface area contributed by atoms with Crippen LogP contribution in [0.5, 0.6) is 5.75 Å². The van der Waals surface area contributed by atoms with Gasteiger partial charge in [0.15, 0.2) is 0 Å². The number of aromatic nitrogens is 1. The highest BCUT2D eigenvalue weighted by Gasteiger charge is 2.29. The molecule has 0 spiro atoms. The Morgan fingerprint density at radius 1 is 1.30 bits per heavy atom. The lowest BCUT2D eigenvalue weighted by Crippen LogP contribution is -2.31. The van der Waals surface area contributed by atoms with Gasteiger partial charge in [0, 0.05) is 23.8 Å². The Morgan fingerprint density at radius 2 is 2.09 bits per heavy atom. The van der Waals surface area contributed by atoms with Crippen LogP contribution in [-0.2, 0) is 4.79 Å². The second kappa shape index (κ2) is 7.51. The zero-order valence-electron chi connectivity index (χ0n) is 13.1. The lowest BCUT2D eigenvalue weighted by atomic mass is 10.1. The predicted octanol–water partition coefficient (Wildman–Crippen LogP) is 3.55. The number of hydrogen-bond acceptors (Lipinski definition) is 4. The lowest BCUT2D eigenvalue weighted by Gasteiger charge is -2.25. The van der Waals surface area contributed by atoms with E-state index in [0.29, 0.717) is 5.75 Å². The van der Waals surface area contributed by atoms with Gasteiger partial charge in [-0.3, -0.25) is 9.78 Å². The molecule has 4 nitrogen and oxygen atoms in total. The van der Waals surface area contributed by atoms with Gasteiger partial charge >= 0.3 is 0 Å². The van der Waals surface area contributed by atoms with E-state index >= 15 is 0 Å². The summed E-state index contributed by atoms with van der Waals surface area (Å²) in [7, 11) is 1.65. The van der Waals surface area contributed by atoms with Crippen molar-refractivity contribution in [3.05, 3.63) is 54.4 Å². The Balaban J connectivity index is 1.66. The number of likely N-dealkylation sites (tertiary alicyclic amines) is 1. The Labute approximate surface area is 140 Å². The molecule has 1 aliphatic rings. The van der Waals surface area contributed by atoms with Crippen LogP contribution in [0.25, 0.3) is 0 Å². The van der Waals surface area contributed by atoms with E-state index in [0.717, 1.165) is 30.0 Å². The van der Waals surface area contributed by atoms with Crippen LogP contribution >= 0.6 is 11.8 Å². The number of amides is 1. The third-order valence-electron chi connectivity index (χ3n) is 4.08. The van der Waals surface area contributed by atoms with Crippen LogP contribution in [0.1, 0.15) is 24.4 Å². The maximum Gasteiger partial charge on any atom is 0.233 e. The second-order valence-corrected chi connectivity index (χ2v) is 6.48. The van der Waals surface area contributed by atoms with Crippen molar-refractivity contribution < 1.29 is 9.53 Å². The number of nitrogens with zero attached hydrogens (tertiary/aromatic N) is 2. The number of rotatable bonds is 5. The van der Waals surface area contributed by atoms with Crippen LogP contribution in [0.3, 0.4) is 0 Å². The highest BCUT2D eigenvalue weighted by Crippen LogP contribution is 2.34. The average molecular weight is 328 g/mol.